The summed E-state index contributed by atoms with van der Waals surface area (Å²) in [5.74, 6) is 0. The van der Waals surface area contributed by atoms with E-state index >= 15 is 0 Å². The summed E-state index contributed by atoms with van der Waals surface area (Å²) in [6.45, 7) is 15.8. The van der Waals surface area contributed by atoms with E-state index in [1.165, 1.54) is 180 Å². The fraction of sp³-hybridized carbons (Fsp3) is 1.00. The predicted molar refractivity (Wildman–Crippen MR) is 182 cm³/mol. The molecule has 0 amide bonds. The van der Waals surface area contributed by atoms with Crippen LogP contribution in [0.1, 0.15) is 221 Å². The molecular formula is C38H82N2+2. The van der Waals surface area contributed by atoms with Crippen molar-refractivity contribution in [3.63, 3.8) is 0 Å². The lowest BCUT2D eigenvalue weighted by molar-refractivity contribution is -0.525. The van der Waals surface area contributed by atoms with Crippen LogP contribution in [0.2, 0.25) is 0 Å². The molecule has 0 aliphatic rings. The second kappa shape index (κ2) is 25.4. The van der Waals surface area contributed by atoms with Crippen molar-refractivity contribution < 1.29 is 11.5 Å². The molecule has 0 unspecified atom stereocenters. The van der Waals surface area contributed by atoms with E-state index in [1.54, 1.807) is 0 Å². The van der Waals surface area contributed by atoms with Crippen molar-refractivity contribution in [2.24, 2.45) is 10.8 Å². The standard InChI is InChI=1S/C38H80N2/c1-7-28-36(29-8-2,37(30-9-3,31-10-4)38(40,32-11-5)33-12-6)34-26-24-22-20-18-16-14-13-15-17-19-21-23-25-27-35-39/h7-35,39-40H2,1-6H3/p+2. The second-order valence-electron chi connectivity index (χ2n) is 14.0. The number of rotatable bonds is 31. The summed E-state index contributed by atoms with van der Waals surface area (Å²) in [5.41, 5.74) is 10.3. The van der Waals surface area contributed by atoms with Crippen molar-refractivity contribution in [2.75, 3.05) is 6.54 Å². The maximum Gasteiger partial charge on any atom is 0.101 e. The molecule has 0 aromatic rings. The first kappa shape index (κ1) is 39.9. The minimum absolute atomic E-state index is 0.236. The summed E-state index contributed by atoms with van der Waals surface area (Å²) in [6.07, 6.45) is 39.2. The summed E-state index contributed by atoms with van der Waals surface area (Å²) in [5, 5.41) is 0. The Hall–Kier alpha value is -0.0800. The molecule has 0 heterocycles. The van der Waals surface area contributed by atoms with E-state index in [1.807, 2.05) is 0 Å². The minimum Gasteiger partial charge on any atom is -0.358 e. The SMILES string of the molecule is CCCC([NH3+])(CCC)C(CCC)(CCC)C(CCC)(CCC)CCCCCCCCCCCCCCCCC[NH3+]. The Balaban J connectivity index is 4.94. The van der Waals surface area contributed by atoms with Crippen LogP contribution in [0.15, 0.2) is 0 Å². The lowest BCUT2D eigenvalue weighted by Gasteiger charge is -2.59. The van der Waals surface area contributed by atoms with Crippen LogP contribution in [-0.4, -0.2) is 12.1 Å². The van der Waals surface area contributed by atoms with Gasteiger partial charge in [0.05, 0.1) is 6.54 Å². The molecule has 2 nitrogen and oxygen atoms in total. The zero-order valence-electron chi connectivity index (χ0n) is 29.4. The smallest absolute Gasteiger partial charge is 0.101 e. The molecule has 242 valence electrons. The molecular weight excluding hydrogens is 484 g/mol. The summed E-state index contributed by atoms with van der Waals surface area (Å²) in [6, 6.07) is 0. The van der Waals surface area contributed by atoms with Gasteiger partial charge in [0.15, 0.2) is 0 Å². The first-order valence-electron chi connectivity index (χ1n) is 19.1. The van der Waals surface area contributed by atoms with E-state index in [2.05, 4.69) is 47.3 Å². The van der Waals surface area contributed by atoms with Crippen molar-refractivity contribution in [1.29, 1.82) is 0 Å². The van der Waals surface area contributed by atoms with Crippen LogP contribution in [0.5, 0.6) is 0 Å². The molecule has 0 aliphatic carbocycles. The lowest BCUT2D eigenvalue weighted by Crippen LogP contribution is -2.82. The molecule has 0 aromatic carbocycles. The molecule has 0 spiro atoms. The monoisotopic (exact) mass is 567 g/mol. The summed E-state index contributed by atoms with van der Waals surface area (Å²) < 4.78 is 0. The van der Waals surface area contributed by atoms with Gasteiger partial charge in [0, 0.05) is 18.3 Å². The molecule has 0 saturated heterocycles. The molecule has 0 aliphatic heterocycles. The molecule has 0 radical (unpaired) electrons. The van der Waals surface area contributed by atoms with Gasteiger partial charge < -0.3 is 11.5 Å². The van der Waals surface area contributed by atoms with Crippen molar-refractivity contribution in [3.8, 4) is 0 Å². The first-order valence-corrected chi connectivity index (χ1v) is 19.1. The normalized spacial score (nSPS) is 12.9. The van der Waals surface area contributed by atoms with E-state index in [9.17, 15) is 0 Å². The average Bonchev–Trinajstić information content (AvgIpc) is 2.93. The fourth-order valence-electron chi connectivity index (χ4n) is 9.15. The Bertz CT molecular complexity index is 510. The fourth-order valence-corrected chi connectivity index (χ4v) is 9.15. The summed E-state index contributed by atoms with van der Waals surface area (Å²) in [7, 11) is 0. The Morgan fingerprint density at radius 1 is 0.350 bits per heavy atom. The van der Waals surface area contributed by atoms with E-state index in [-0.39, 0.29) is 5.54 Å². The highest BCUT2D eigenvalue weighted by atomic mass is 14.8. The van der Waals surface area contributed by atoms with Crippen LogP contribution >= 0.6 is 0 Å². The molecule has 0 saturated carbocycles. The van der Waals surface area contributed by atoms with Crippen molar-refractivity contribution in [2.45, 2.75) is 227 Å². The van der Waals surface area contributed by atoms with Gasteiger partial charge in [-0.15, -0.1) is 0 Å². The zero-order valence-corrected chi connectivity index (χ0v) is 29.4. The number of quaternary nitrogens is 2. The van der Waals surface area contributed by atoms with Crippen LogP contribution in [-0.2, 0) is 0 Å². The maximum absolute atomic E-state index is 5.21. The third kappa shape index (κ3) is 13.9. The quantitative estimate of drug-likeness (QED) is 0.0784. The topological polar surface area (TPSA) is 55.3 Å². The minimum atomic E-state index is 0.236. The van der Waals surface area contributed by atoms with E-state index in [0.29, 0.717) is 10.8 Å². The van der Waals surface area contributed by atoms with Gasteiger partial charge in [-0.3, -0.25) is 0 Å². The Morgan fingerprint density at radius 2 is 0.650 bits per heavy atom. The number of hydrogen-bond acceptors (Lipinski definition) is 0. The third-order valence-electron chi connectivity index (χ3n) is 10.7. The molecule has 0 aromatic heterocycles. The van der Waals surface area contributed by atoms with E-state index < -0.39 is 0 Å². The van der Waals surface area contributed by atoms with Gasteiger partial charge in [0.25, 0.3) is 0 Å². The van der Waals surface area contributed by atoms with Gasteiger partial charge in [-0.2, -0.15) is 0 Å². The van der Waals surface area contributed by atoms with Gasteiger partial charge >= 0.3 is 0 Å². The highest BCUT2D eigenvalue weighted by molar-refractivity contribution is 5.08. The van der Waals surface area contributed by atoms with E-state index in [0.717, 1.165) is 6.54 Å². The van der Waals surface area contributed by atoms with Crippen molar-refractivity contribution in [1.82, 2.24) is 0 Å². The highest BCUT2D eigenvalue weighted by Gasteiger charge is 2.60. The maximum atomic E-state index is 5.21. The lowest BCUT2D eigenvalue weighted by atomic mass is 9.45. The van der Waals surface area contributed by atoms with Crippen LogP contribution < -0.4 is 11.5 Å². The van der Waals surface area contributed by atoms with Crippen LogP contribution in [0.4, 0.5) is 0 Å². The van der Waals surface area contributed by atoms with Crippen molar-refractivity contribution >= 4 is 0 Å². The van der Waals surface area contributed by atoms with Gasteiger partial charge in [-0.1, -0.05) is 164 Å². The predicted octanol–water partition coefficient (Wildman–Crippen LogP) is 11.2. The Morgan fingerprint density at radius 3 is 0.950 bits per heavy atom. The van der Waals surface area contributed by atoms with E-state index in [4.69, 9.17) is 5.73 Å². The highest BCUT2D eigenvalue weighted by Crippen LogP contribution is 2.61. The molecule has 0 bridgehead atoms. The summed E-state index contributed by atoms with van der Waals surface area (Å²) in [4.78, 5) is 0. The summed E-state index contributed by atoms with van der Waals surface area (Å²) >= 11 is 0. The number of unbranched alkanes of at least 4 members (excludes halogenated alkanes) is 14. The molecule has 0 fully saturated rings. The van der Waals surface area contributed by atoms with Crippen LogP contribution in [0, 0.1) is 10.8 Å². The second-order valence-corrected chi connectivity index (χ2v) is 14.0. The molecule has 0 atom stereocenters. The van der Waals surface area contributed by atoms with Crippen LogP contribution in [0.3, 0.4) is 0 Å². The van der Waals surface area contributed by atoms with Crippen molar-refractivity contribution in [3.05, 3.63) is 0 Å². The average molecular weight is 567 g/mol. The van der Waals surface area contributed by atoms with Gasteiger partial charge in [0.2, 0.25) is 0 Å². The molecule has 0 rings (SSSR count). The van der Waals surface area contributed by atoms with Crippen LogP contribution in [0.25, 0.3) is 0 Å². The van der Waals surface area contributed by atoms with Gasteiger partial charge in [0.1, 0.15) is 5.54 Å². The molecule has 40 heavy (non-hydrogen) atoms. The molecule has 2 heteroatoms. The van der Waals surface area contributed by atoms with Gasteiger partial charge in [-0.05, 0) is 50.4 Å². The molecule has 6 N–H and O–H groups in total. The first-order chi connectivity index (χ1) is 19.4. The number of hydrogen-bond donors (Lipinski definition) is 2. The Labute approximate surface area is 255 Å². The third-order valence-corrected chi connectivity index (χ3v) is 10.7. The largest absolute Gasteiger partial charge is 0.358 e. The van der Waals surface area contributed by atoms with Gasteiger partial charge in [-0.25, -0.2) is 0 Å². The Kier molecular flexibility index (Phi) is 25.4. The zero-order chi connectivity index (χ0) is 30.0.